The number of amides is 1. The molecule has 1 aliphatic rings. The highest BCUT2D eigenvalue weighted by atomic mass is 16.1. The molecule has 4 rings (SSSR count). The summed E-state index contributed by atoms with van der Waals surface area (Å²) in [6.07, 6.45) is 5.16. The van der Waals surface area contributed by atoms with Crippen molar-refractivity contribution in [3.05, 3.63) is 24.7 Å². The lowest BCUT2D eigenvalue weighted by atomic mass is 9.89. The quantitative estimate of drug-likeness (QED) is 0.646. The Bertz CT molecular complexity index is 1090. The molecule has 11 nitrogen and oxygen atoms in total. The molecule has 0 aliphatic carbocycles. The fourth-order valence-electron chi connectivity index (χ4n) is 2.93. The number of rotatable bonds is 5. The number of hydrogen-bond donors (Lipinski definition) is 2. The van der Waals surface area contributed by atoms with E-state index in [9.17, 15) is 4.79 Å². The van der Waals surface area contributed by atoms with Crippen molar-refractivity contribution in [2.75, 3.05) is 18.4 Å². The number of carbonyl (C=O) groups is 1. The maximum Gasteiger partial charge on any atom is 0.249 e. The first-order chi connectivity index (χ1) is 13.1. The first kappa shape index (κ1) is 16.6. The summed E-state index contributed by atoms with van der Waals surface area (Å²) in [5.74, 6) is 0.124. The summed E-state index contributed by atoms with van der Waals surface area (Å²) >= 11 is 0. The molecule has 0 unspecified atom stereocenters. The number of anilines is 1. The molecule has 134 valence electrons. The van der Waals surface area contributed by atoms with E-state index < -0.39 is 5.91 Å². The van der Waals surface area contributed by atoms with Crippen LogP contribution in [0.1, 0.15) is 12.8 Å². The first-order valence-corrected chi connectivity index (χ1v) is 8.17. The molecule has 27 heavy (non-hydrogen) atoms. The smallest absolute Gasteiger partial charge is 0.249 e. The number of nitriles is 2. The zero-order chi connectivity index (χ0) is 18.9. The van der Waals surface area contributed by atoms with E-state index in [2.05, 4.69) is 36.9 Å². The van der Waals surface area contributed by atoms with Gasteiger partial charge < -0.3 is 5.32 Å². The summed E-state index contributed by atoms with van der Waals surface area (Å²) in [6.45, 7) is 1.36. The van der Waals surface area contributed by atoms with Crippen molar-refractivity contribution in [3.63, 3.8) is 0 Å². The SMILES string of the molecule is N#CCC(=O)Nc1nc2ccnc(-c3cnn(C4(CC#N)CNC4)c3)n2n1. The number of nitrogens with one attached hydrogen (secondary N) is 2. The zero-order valence-corrected chi connectivity index (χ0v) is 14.1. The lowest BCUT2D eigenvalue weighted by Gasteiger charge is -2.41. The molecule has 3 aromatic heterocycles. The van der Waals surface area contributed by atoms with E-state index in [4.69, 9.17) is 10.5 Å². The number of hydrogen-bond acceptors (Lipinski definition) is 8. The van der Waals surface area contributed by atoms with Crippen molar-refractivity contribution in [3.8, 4) is 23.5 Å². The van der Waals surface area contributed by atoms with Crippen molar-refractivity contribution >= 4 is 17.5 Å². The van der Waals surface area contributed by atoms with Gasteiger partial charge in [-0.25, -0.2) is 4.98 Å². The van der Waals surface area contributed by atoms with Gasteiger partial charge in [0, 0.05) is 31.5 Å². The van der Waals surface area contributed by atoms with Crippen LogP contribution in [0.15, 0.2) is 24.7 Å². The zero-order valence-electron chi connectivity index (χ0n) is 14.1. The first-order valence-electron chi connectivity index (χ1n) is 8.17. The van der Waals surface area contributed by atoms with E-state index in [1.165, 1.54) is 4.52 Å². The van der Waals surface area contributed by atoms with E-state index in [1.54, 1.807) is 29.2 Å². The largest absolute Gasteiger partial charge is 0.312 e. The molecule has 1 aliphatic heterocycles. The second-order valence-electron chi connectivity index (χ2n) is 6.19. The van der Waals surface area contributed by atoms with E-state index in [0.29, 0.717) is 36.5 Å². The summed E-state index contributed by atoms with van der Waals surface area (Å²) in [5.41, 5.74) is 0.862. The average Bonchev–Trinajstić information content (AvgIpc) is 3.24. The Kier molecular flexibility index (Phi) is 3.99. The predicted molar refractivity (Wildman–Crippen MR) is 91.9 cm³/mol. The van der Waals surface area contributed by atoms with E-state index in [1.807, 2.05) is 6.20 Å². The van der Waals surface area contributed by atoms with Gasteiger partial charge in [0.25, 0.3) is 0 Å². The van der Waals surface area contributed by atoms with Gasteiger partial charge in [0.05, 0.1) is 30.3 Å². The highest BCUT2D eigenvalue weighted by Gasteiger charge is 2.39. The Morgan fingerprint density at radius 2 is 2.22 bits per heavy atom. The highest BCUT2D eigenvalue weighted by Crippen LogP contribution is 2.27. The van der Waals surface area contributed by atoms with E-state index >= 15 is 0 Å². The van der Waals surface area contributed by atoms with Crippen LogP contribution in [0.4, 0.5) is 5.95 Å². The van der Waals surface area contributed by atoms with Crippen LogP contribution >= 0.6 is 0 Å². The predicted octanol–water partition coefficient (Wildman–Crippen LogP) is 0.0522. The second kappa shape index (κ2) is 6.48. The maximum absolute atomic E-state index is 11.6. The van der Waals surface area contributed by atoms with Crippen molar-refractivity contribution in [2.45, 2.75) is 18.4 Å². The number of aromatic nitrogens is 6. The molecule has 0 aromatic carbocycles. The Labute approximate surface area is 153 Å². The highest BCUT2D eigenvalue weighted by molar-refractivity contribution is 5.90. The van der Waals surface area contributed by atoms with Gasteiger partial charge in [-0.3, -0.25) is 14.8 Å². The summed E-state index contributed by atoms with van der Waals surface area (Å²) in [5, 5.41) is 32.0. The summed E-state index contributed by atoms with van der Waals surface area (Å²) in [4.78, 5) is 20.2. The molecule has 0 saturated carbocycles. The number of fused-ring (bicyclic) bond motifs is 1. The fraction of sp³-hybridized carbons (Fsp3) is 0.312. The van der Waals surface area contributed by atoms with Crippen molar-refractivity contribution in [2.24, 2.45) is 0 Å². The second-order valence-corrected chi connectivity index (χ2v) is 6.19. The number of carbonyl (C=O) groups excluding carboxylic acids is 1. The minimum absolute atomic E-state index is 0.0982. The standard InChI is InChI=1S/C16H14N10O/c17-4-1-13(27)23-15-22-12-2-6-20-14(26(12)24-15)11-7-21-25(8-11)16(3-5-18)9-19-10-16/h2,6-8,19H,1,3,9-10H2,(H,23,24,27). The van der Waals surface area contributed by atoms with E-state index in [0.717, 1.165) is 0 Å². The normalized spacial score (nSPS) is 14.9. The van der Waals surface area contributed by atoms with Gasteiger partial charge in [0.15, 0.2) is 11.5 Å². The molecule has 2 N–H and O–H groups in total. The molecule has 11 heteroatoms. The van der Waals surface area contributed by atoms with Gasteiger partial charge in [0.2, 0.25) is 11.9 Å². The maximum atomic E-state index is 11.6. The third-order valence-corrected chi connectivity index (χ3v) is 4.39. The minimum atomic E-state index is -0.480. The molecule has 0 bridgehead atoms. The Morgan fingerprint density at radius 1 is 1.37 bits per heavy atom. The summed E-state index contributed by atoms with van der Waals surface area (Å²) in [7, 11) is 0. The summed E-state index contributed by atoms with van der Waals surface area (Å²) in [6, 6.07) is 5.64. The Balaban J connectivity index is 1.68. The molecule has 1 saturated heterocycles. The Morgan fingerprint density at radius 3 is 2.93 bits per heavy atom. The molecule has 0 spiro atoms. The lowest BCUT2D eigenvalue weighted by molar-refractivity contribution is -0.115. The molecule has 3 aromatic rings. The van der Waals surface area contributed by atoms with Gasteiger partial charge in [-0.2, -0.15) is 25.1 Å². The lowest BCUT2D eigenvalue weighted by Crippen LogP contribution is -2.60. The van der Waals surface area contributed by atoms with Gasteiger partial charge in [-0.05, 0) is 0 Å². The fourth-order valence-corrected chi connectivity index (χ4v) is 2.93. The third kappa shape index (κ3) is 2.86. The minimum Gasteiger partial charge on any atom is -0.312 e. The van der Waals surface area contributed by atoms with Gasteiger partial charge in [-0.1, -0.05) is 0 Å². The van der Waals surface area contributed by atoms with Gasteiger partial charge in [-0.15, -0.1) is 5.10 Å². The summed E-state index contributed by atoms with van der Waals surface area (Å²) < 4.78 is 3.29. The molecule has 0 radical (unpaired) electrons. The molecular weight excluding hydrogens is 348 g/mol. The van der Waals surface area contributed by atoms with Crippen LogP contribution in [-0.2, 0) is 10.3 Å². The van der Waals surface area contributed by atoms with Gasteiger partial charge >= 0.3 is 0 Å². The van der Waals surface area contributed by atoms with Crippen molar-refractivity contribution in [1.82, 2.24) is 34.7 Å². The van der Waals surface area contributed by atoms with Crippen LogP contribution < -0.4 is 10.6 Å². The van der Waals surface area contributed by atoms with Gasteiger partial charge in [0.1, 0.15) is 12.0 Å². The van der Waals surface area contributed by atoms with Crippen LogP contribution in [0.2, 0.25) is 0 Å². The van der Waals surface area contributed by atoms with Crippen molar-refractivity contribution < 1.29 is 4.79 Å². The molecule has 1 amide bonds. The van der Waals surface area contributed by atoms with E-state index in [-0.39, 0.29) is 17.9 Å². The van der Waals surface area contributed by atoms with Crippen LogP contribution in [0.5, 0.6) is 0 Å². The molecular formula is C16H14N10O. The topological polar surface area (TPSA) is 150 Å². The van der Waals surface area contributed by atoms with Crippen LogP contribution in [-0.4, -0.2) is 48.4 Å². The number of nitrogens with zero attached hydrogens (tertiary/aromatic N) is 8. The van der Waals surface area contributed by atoms with Crippen LogP contribution in [0.3, 0.4) is 0 Å². The van der Waals surface area contributed by atoms with Crippen LogP contribution in [0, 0.1) is 22.7 Å². The molecule has 4 heterocycles. The Hall–Kier alpha value is -3.83. The molecule has 1 fully saturated rings. The monoisotopic (exact) mass is 362 g/mol. The molecule has 0 atom stereocenters. The van der Waals surface area contributed by atoms with Crippen LogP contribution in [0.25, 0.3) is 17.0 Å². The van der Waals surface area contributed by atoms with Crippen molar-refractivity contribution in [1.29, 1.82) is 10.5 Å². The average molecular weight is 362 g/mol. The third-order valence-electron chi connectivity index (χ3n) is 4.39.